The molecule has 2 aromatic rings. The highest BCUT2D eigenvalue weighted by molar-refractivity contribution is 6.25. The van der Waals surface area contributed by atoms with Crippen LogP contribution in [0, 0.1) is 0 Å². The van der Waals surface area contributed by atoms with Gasteiger partial charge in [-0.05, 0) is 36.2 Å². The molecule has 8 nitrogen and oxygen atoms in total. The average molecular weight is 407 g/mol. The number of amides is 4. The van der Waals surface area contributed by atoms with Crippen LogP contribution in [0.3, 0.4) is 0 Å². The number of hydrogen-bond acceptors (Lipinski definition) is 6. The van der Waals surface area contributed by atoms with E-state index >= 15 is 0 Å². The van der Waals surface area contributed by atoms with E-state index in [1.807, 2.05) is 36.2 Å². The summed E-state index contributed by atoms with van der Waals surface area (Å²) in [6, 6.07) is 11.7. The number of fused-ring (bicyclic) bond motifs is 1. The first kappa shape index (κ1) is 19.6. The lowest BCUT2D eigenvalue weighted by atomic mass is 10.0. The van der Waals surface area contributed by atoms with E-state index in [1.54, 1.807) is 25.3 Å². The quantitative estimate of drug-likeness (QED) is 0.759. The Labute approximate surface area is 173 Å². The molecule has 4 rings (SSSR count). The van der Waals surface area contributed by atoms with E-state index in [-0.39, 0.29) is 24.0 Å². The molecule has 0 saturated carbocycles. The molecule has 0 aliphatic carbocycles. The lowest BCUT2D eigenvalue weighted by Gasteiger charge is -2.28. The maximum atomic E-state index is 13.2. The number of methoxy groups -OCH3 is 1. The first-order valence-corrected chi connectivity index (χ1v) is 9.59. The standard InChI is InChI=1S/C22H21N3O5/c1-24(12-13-5-3-6-14(11-13)30-2)16-8-4-7-15-19(16)22(29)25(21(15)28)17-9-10-18(26)23-20(17)27/h3-8,11,17H,9-10,12H2,1-2H3,(H,23,26,27). The number of anilines is 1. The van der Waals surface area contributed by atoms with Gasteiger partial charge in [0, 0.05) is 20.0 Å². The summed E-state index contributed by atoms with van der Waals surface area (Å²) in [5, 5.41) is 2.21. The Morgan fingerprint density at radius 3 is 2.60 bits per heavy atom. The molecule has 2 heterocycles. The minimum atomic E-state index is -0.980. The Morgan fingerprint density at radius 1 is 1.10 bits per heavy atom. The van der Waals surface area contributed by atoms with E-state index < -0.39 is 29.7 Å². The fourth-order valence-electron chi connectivity index (χ4n) is 3.95. The first-order chi connectivity index (χ1) is 14.4. The summed E-state index contributed by atoms with van der Waals surface area (Å²) < 4.78 is 5.26. The summed E-state index contributed by atoms with van der Waals surface area (Å²) in [7, 11) is 3.43. The lowest BCUT2D eigenvalue weighted by Crippen LogP contribution is -2.54. The predicted octanol–water partition coefficient (Wildman–Crippen LogP) is 1.73. The van der Waals surface area contributed by atoms with Crippen LogP contribution in [0.4, 0.5) is 5.69 Å². The second-order valence-corrected chi connectivity index (χ2v) is 7.35. The number of benzene rings is 2. The van der Waals surface area contributed by atoms with E-state index in [2.05, 4.69) is 5.32 Å². The number of nitrogens with one attached hydrogen (secondary N) is 1. The summed E-state index contributed by atoms with van der Waals surface area (Å²) in [5.41, 5.74) is 2.12. The number of carbonyl (C=O) groups excluding carboxylic acids is 4. The van der Waals surface area contributed by atoms with Crippen LogP contribution in [0.2, 0.25) is 0 Å². The highest BCUT2D eigenvalue weighted by Gasteiger charge is 2.45. The minimum Gasteiger partial charge on any atom is -0.497 e. The maximum Gasteiger partial charge on any atom is 0.264 e. The van der Waals surface area contributed by atoms with Gasteiger partial charge < -0.3 is 9.64 Å². The third kappa shape index (κ3) is 3.30. The van der Waals surface area contributed by atoms with Gasteiger partial charge in [0.25, 0.3) is 11.8 Å². The smallest absolute Gasteiger partial charge is 0.264 e. The second kappa shape index (κ2) is 7.62. The van der Waals surface area contributed by atoms with Crippen LogP contribution in [0.1, 0.15) is 39.1 Å². The molecule has 1 N–H and O–H groups in total. The highest BCUT2D eigenvalue weighted by Crippen LogP contribution is 2.34. The van der Waals surface area contributed by atoms with E-state index in [9.17, 15) is 19.2 Å². The van der Waals surface area contributed by atoms with Crippen LogP contribution in [0.5, 0.6) is 5.75 Å². The molecular formula is C22H21N3O5. The van der Waals surface area contributed by atoms with Crippen LogP contribution in [-0.2, 0) is 16.1 Å². The third-order valence-electron chi connectivity index (χ3n) is 5.41. The second-order valence-electron chi connectivity index (χ2n) is 7.35. The summed E-state index contributed by atoms with van der Waals surface area (Å²) in [4.78, 5) is 52.7. The molecule has 0 radical (unpaired) electrons. The van der Waals surface area contributed by atoms with Gasteiger partial charge in [-0.1, -0.05) is 18.2 Å². The molecular weight excluding hydrogens is 386 g/mol. The molecule has 1 unspecified atom stereocenters. The Morgan fingerprint density at radius 2 is 1.87 bits per heavy atom. The molecule has 8 heteroatoms. The Hall–Kier alpha value is -3.68. The summed E-state index contributed by atoms with van der Waals surface area (Å²) in [5.74, 6) is -1.31. The molecule has 2 aliphatic rings. The van der Waals surface area contributed by atoms with Gasteiger partial charge in [0.15, 0.2) is 0 Å². The molecule has 4 amide bonds. The van der Waals surface area contributed by atoms with E-state index in [0.717, 1.165) is 16.2 Å². The molecule has 1 atom stereocenters. The Kier molecular flexibility index (Phi) is 4.99. The molecule has 2 aromatic carbocycles. The fourth-order valence-corrected chi connectivity index (χ4v) is 3.95. The fraction of sp³-hybridized carbons (Fsp3) is 0.273. The van der Waals surface area contributed by atoms with Gasteiger partial charge in [-0.3, -0.25) is 29.4 Å². The molecule has 0 aromatic heterocycles. The van der Waals surface area contributed by atoms with Gasteiger partial charge in [0.05, 0.1) is 23.9 Å². The summed E-state index contributed by atoms with van der Waals surface area (Å²) in [6.07, 6.45) is 0.220. The van der Waals surface area contributed by atoms with Gasteiger partial charge in [0.2, 0.25) is 11.8 Å². The third-order valence-corrected chi connectivity index (χ3v) is 5.41. The van der Waals surface area contributed by atoms with E-state index in [0.29, 0.717) is 12.2 Å². The van der Waals surface area contributed by atoms with Crippen molar-refractivity contribution in [2.24, 2.45) is 0 Å². The zero-order valence-corrected chi connectivity index (χ0v) is 16.7. The molecule has 2 aliphatic heterocycles. The van der Waals surface area contributed by atoms with Crippen LogP contribution in [0.25, 0.3) is 0 Å². The average Bonchev–Trinajstić information content (AvgIpc) is 2.99. The number of rotatable bonds is 5. The van der Waals surface area contributed by atoms with E-state index in [4.69, 9.17) is 4.74 Å². The van der Waals surface area contributed by atoms with Crippen molar-refractivity contribution in [1.29, 1.82) is 0 Å². The van der Waals surface area contributed by atoms with Crippen molar-refractivity contribution in [2.45, 2.75) is 25.4 Å². The van der Waals surface area contributed by atoms with Gasteiger partial charge in [-0.2, -0.15) is 0 Å². The van der Waals surface area contributed by atoms with Gasteiger partial charge >= 0.3 is 0 Å². The first-order valence-electron chi connectivity index (χ1n) is 9.59. The van der Waals surface area contributed by atoms with Crippen molar-refractivity contribution in [3.05, 3.63) is 59.2 Å². The normalized spacial score (nSPS) is 18.3. The largest absolute Gasteiger partial charge is 0.497 e. The van der Waals surface area contributed by atoms with Crippen molar-refractivity contribution in [1.82, 2.24) is 10.2 Å². The molecule has 1 fully saturated rings. The number of carbonyl (C=O) groups is 4. The van der Waals surface area contributed by atoms with E-state index in [1.165, 1.54) is 0 Å². The van der Waals surface area contributed by atoms with Crippen molar-refractivity contribution in [2.75, 3.05) is 19.1 Å². The number of hydrogen-bond donors (Lipinski definition) is 1. The SMILES string of the molecule is COc1cccc(CN(C)c2cccc3c2C(=O)N(C2CCC(=O)NC2=O)C3=O)c1. The van der Waals surface area contributed by atoms with Gasteiger partial charge in [-0.25, -0.2) is 0 Å². The van der Waals surface area contributed by atoms with Gasteiger partial charge in [0.1, 0.15) is 11.8 Å². The number of piperidine rings is 1. The molecule has 1 saturated heterocycles. The Bertz CT molecular complexity index is 1060. The lowest BCUT2D eigenvalue weighted by molar-refractivity contribution is -0.136. The molecule has 0 bridgehead atoms. The molecule has 154 valence electrons. The number of ether oxygens (including phenoxy) is 1. The zero-order chi connectivity index (χ0) is 21.4. The molecule has 0 spiro atoms. The van der Waals surface area contributed by atoms with Crippen LogP contribution >= 0.6 is 0 Å². The summed E-state index contributed by atoms with van der Waals surface area (Å²) in [6.45, 7) is 0.494. The number of nitrogens with zero attached hydrogens (tertiary/aromatic N) is 2. The monoisotopic (exact) mass is 407 g/mol. The maximum absolute atomic E-state index is 13.2. The highest BCUT2D eigenvalue weighted by atomic mass is 16.5. The van der Waals surface area contributed by atoms with Crippen LogP contribution < -0.4 is 15.0 Å². The van der Waals surface area contributed by atoms with Crippen molar-refractivity contribution in [3.63, 3.8) is 0 Å². The minimum absolute atomic E-state index is 0.0897. The van der Waals surface area contributed by atoms with Gasteiger partial charge in [-0.15, -0.1) is 0 Å². The predicted molar refractivity (Wildman–Crippen MR) is 108 cm³/mol. The number of imide groups is 2. The van der Waals surface area contributed by atoms with Crippen molar-refractivity contribution < 1.29 is 23.9 Å². The van der Waals surface area contributed by atoms with Crippen molar-refractivity contribution >= 4 is 29.3 Å². The topological polar surface area (TPSA) is 96.0 Å². The Balaban J connectivity index is 1.64. The zero-order valence-electron chi connectivity index (χ0n) is 16.7. The van der Waals surface area contributed by atoms with Crippen LogP contribution in [-0.4, -0.2) is 48.7 Å². The van der Waals surface area contributed by atoms with Crippen molar-refractivity contribution in [3.8, 4) is 5.75 Å². The summed E-state index contributed by atoms with van der Waals surface area (Å²) >= 11 is 0. The molecule has 30 heavy (non-hydrogen) atoms. The van der Waals surface area contributed by atoms with Crippen LogP contribution in [0.15, 0.2) is 42.5 Å².